The minimum Gasteiger partial charge on any atom is -0.354 e. The smallest absolute Gasteiger partial charge is 0.338 e. The molecule has 2 saturated heterocycles. The lowest BCUT2D eigenvalue weighted by Crippen LogP contribution is -2.66. The van der Waals surface area contributed by atoms with Crippen LogP contribution >= 0.6 is 0 Å². The second kappa shape index (κ2) is 7.50. The van der Waals surface area contributed by atoms with Crippen LogP contribution in [-0.4, -0.2) is 64.1 Å². The van der Waals surface area contributed by atoms with Gasteiger partial charge in [-0.15, -0.1) is 0 Å². The van der Waals surface area contributed by atoms with E-state index < -0.39 is 6.29 Å². The largest absolute Gasteiger partial charge is 0.354 e. The average molecular weight is 362 g/mol. The van der Waals surface area contributed by atoms with Crippen molar-refractivity contribution in [2.24, 2.45) is 5.92 Å². The highest BCUT2D eigenvalue weighted by Crippen LogP contribution is 2.37. The van der Waals surface area contributed by atoms with Gasteiger partial charge < -0.3 is 10.2 Å². The maximum atomic E-state index is 13.0. The first kappa shape index (κ1) is 18.5. The summed E-state index contributed by atoms with van der Waals surface area (Å²) in [5, 5.41) is 13.0. The quantitative estimate of drug-likeness (QED) is 0.686. The van der Waals surface area contributed by atoms with E-state index in [1.165, 1.54) is 5.01 Å². The summed E-state index contributed by atoms with van der Waals surface area (Å²) in [6, 6.07) is 1.61. The van der Waals surface area contributed by atoms with Crippen molar-refractivity contribution < 1.29 is 14.4 Å². The van der Waals surface area contributed by atoms with Gasteiger partial charge in [-0.25, -0.2) is 9.80 Å². The zero-order valence-electron chi connectivity index (χ0n) is 15.3. The van der Waals surface area contributed by atoms with Gasteiger partial charge in [0.1, 0.15) is 6.54 Å². The first-order chi connectivity index (χ1) is 12.4. The summed E-state index contributed by atoms with van der Waals surface area (Å²) in [7, 11) is 0. The first-order valence-corrected chi connectivity index (χ1v) is 9.27. The number of fused-ring (bicyclic) bond motifs is 3. The molecule has 1 aliphatic carbocycles. The number of nitriles is 1. The standard InChI is InChI=1S/C17H26N6O3/c1-11(2)19-14(24)7-9-21-15(25)12-5-3-4-6-13(12)23-16(21)20-22(10-8-18)17(23)26/h11-13,16,20H,3-7,9-10H2,1-2H3,(H,19,24). The van der Waals surface area contributed by atoms with Crippen molar-refractivity contribution in [2.75, 3.05) is 13.1 Å². The Morgan fingerprint density at radius 2 is 2.08 bits per heavy atom. The third kappa shape index (κ3) is 3.33. The molecule has 142 valence electrons. The third-order valence-corrected chi connectivity index (χ3v) is 5.23. The number of nitrogens with zero attached hydrogens (tertiary/aromatic N) is 4. The highest BCUT2D eigenvalue weighted by atomic mass is 16.2. The van der Waals surface area contributed by atoms with Crippen LogP contribution in [0.1, 0.15) is 46.0 Å². The van der Waals surface area contributed by atoms with E-state index in [0.717, 1.165) is 25.7 Å². The molecular formula is C17H26N6O3. The van der Waals surface area contributed by atoms with Gasteiger partial charge in [-0.2, -0.15) is 10.7 Å². The minimum atomic E-state index is -0.616. The van der Waals surface area contributed by atoms with Crippen LogP contribution in [0.15, 0.2) is 0 Å². The fourth-order valence-corrected chi connectivity index (χ4v) is 4.14. The second-order valence-corrected chi connectivity index (χ2v) is 7.40. The molecule has 3 atom stereocenters. The Hall–Kier alpha value is -2.34. The van der Waals surface area contributed by atoms with Crippen LogP contribution in [0.3, 0.4) is 0 Å². The summed E-state index contributed by atoms with van der Waals surface area (Å²) < 4.78 is 0. The molecule has 3 aliphatic rings. The number of rotatable bonds is 5. The molecule has 2 aliphatic heterocycles. The Morgan fingerprint density at radius 1 is 1.35 bits per heavy atom. The van der Waals surface area contributed by atoms with Gasteiger partial charge in [-0.05, 0) is 26.7 Å². The van der Waals surface area contributed by atoms with Crippen molar-refractivity contribution in [1.82, 2.24) is 25.6 Å². The van der Waals surface area contributed by atoms with Crippen LogP contribution in [0, 0.1) is 17.2 Å². The Morgan fingerprint density at radius 3 is 2.77 bits per heavy atom. The molecule has 9 heteroatoms. The van der Waals surface area contributed by atoms with Crippen molar-refractivity contribution in [3.63, 3.8) is 0 Å². The van der Waals surface area contributed by atoms with Gasteiger partial charge in [-0.3, -0.25) is 14.5 Å². The number of hydrogen-bond donors (Lipinski definition) is 2. The van der Waals surface area contributed by atoms with Crippen molar-refractivity contribution >= 4 is 17.8 Å². The van der Waals surface area contributed by atoms with E-state index in [-0.39, 0.29) is 55.4 Å². The maximum Gasteiger partial charge on any atom is 0.338 e. The van der Waals surface area contributed by atoms with Gasteiger partial charge in [0.15, 0.2) is 6.29 Å². The van der Waals surface area contributed by atoms with E-state index in [1.807, 2.05) is 19.9 Å². The van der Waals surface area contributed by atoms with Gasteiger partial charge >= 0.3 is 6.03 Å². The molecule has 3 fully saturated rings. The fourth-order valence-electron chi connectivity index (χ4n) is 4.14. The van der Waals surface area contributed by atoms with E-state index in [0.29, 0.717) is 0 Å². The van der Waals surface area contributed by atoms with Crippen LogP contribution in [0.5, 0.6) is 0 Å². The number of amides is 4. The molecule has 0 radical (unpaired) electrons. The highest BCUT2D eigenvalue weighted by molar-refractivity contribution is 5.86. The molecule has 0 aromatic carbocycles. The van der Waals surface area contributed by atoms with Gasteiger partial charge in [0, 0.05) is 25.0 Å². The molecule has 0 aromatic heterocycles. The van der Waals surface area contributed by atoms with E-state index in [1.54, 1.807) is 9.80 Å². The molecule has 0 bridgehead atoms. The van der Waals surface area contributed by atoms with E-state index >= 15 is 0 Å². The number of hydrazine groups is 1. The molecular weight excluding hydrogens is 336 g/mol. The lowest BCUT2D eigenvalue weighted by molar-refractivity contribution is -0.156. The Labute approximate surface area is 153 Å². The zero-order chi connectivity index (χ0) is 18.8. The predicted molar refractivity (Wildman–Crippen MR) is 91.8 cm³/mol. The maximum absolute atomic E-state index is 13.0. The van der Waals surface area contributed by atoms with Crippen LogP contribution in [-0.2, 0) is 9.59 Å². The van der Waals surface area contributed by atoms with Crippen LogP contribution in [0.25, 0.3) is 0 Å². The average Bonchev–Trinajstić information content (AvgIpc) is 2.91. The molecule has 3 rings (SSSR count). The number of hydrogen-bond acceptors (Lipinski definition) is 5. The van der Waals surface area contributed by atoms with Crippen molar-refractivity contribution in [1.29, 1.82) is 5.26 Å². The number of nitrogens with one attached hydrogen (secondary N) is 2. The summed E-state index contributed by atoms with van der Waals surface area (Å²) in [6.07, 6.45) is 3.07. The van der Waals surface area contributed by atoms with Gasteiger partial charge in [0.2, 0.25) is 11.8 Å². The second-order valence-electron chi connectivity index (χ2n) is 7.40. The Kier molecular flexibility index (Phi) is 5.32. The molecule has 26 heavy (non-hydrogen) atoms. The predicted octanol–water partition coefficient (Wildman–Crippen LogP) is 0.351. The highest BCUT2D eigenvalue weighted by Gasteiger charge is 2.54. The van der Waals surface area contributed by atoms with Crippen molar-refractivity contribution in [3.8, 4) is 6.07 Å². The lowest BCUT2D eigenvalue weighted by Gasteiger charge is -2.48. The molecule has 0 spiro atoms. The summed E-state index contributed by atoms with van der Waals surface area (Å²) in [5.41, 5.74) is 2.98. The summed E-state index contributed by atoms with van der Waals surface area (Å²) in [6.45, 7) is 3.92. The zero-order valence-corrected chi connectivity index (χ0v) is 15.3. The first-order valence-electron chi connectivity index (χ1n) is 9.27. The van der Waals surface area contributed by atoms with Crippen LogP contribution in [0.4, 0.5) is 4.79 Å². The fraction of sp³-hybridized carbons (Fsp3) is 0.765. The van der Waals surface area contributed by atoms with E-state index in [9.17, 15) is 14.4 Å². The van der Waals surface area contributed by atoms with Crippen molar-refractivity contribution in [2.45, 2.75) is 64.3 Å². The van der Waals surface area contributed by atoms with Gasteiger partial charge in [0.05, 0.1) is 12.0 Å². The number of urea groups is 1. The Bertz CT molecular complexity index is 630. The van der Waals surface area contributed by atoms with E-state index in [4.69, 9.17) is 5.26 Å². The topological polar surface area (TPSA) is 109 Å². The van der Waals surface area contributed by atoms with Crippen molar-refractivity contribution in [3.05, 3.63) is 0 Å². The summed E-state index contributed by atoms with van der Waals surface area (Å²) in [4.78, 5) is 41.1. The molecule has 0 aromatic rings. The van der Waals surface area contributed by atoms with Crippen LogP contribution < -0.4 is 10.7 Å². The molecule has 2 N–H and O–H groups in total. The molecule has 9 nitrogen and oxygen atoms in total. The lowest BCUT2D eigenvalue weighted by atomic mass is 9.81. The van der Waals surface area contributed by atoms with Crippen LogP contribution in [0.2, 0.25) is 0 Å². The number of carbonyl (C=O) groups excluding carboxylic acids is 3. The minimum absolute atomic E-state index is 0.00703. The number of carbonyl (C=O) groups is 3. The normalized spacial score (nSPS) is 28.1. The van der Waals surface area contributed by atoms with Gasteiger partial charge in [0.25, 0.3) is 0 Å². The SMILES string of the molecule is CC(C)NC(=O)CCN1C(=O)C2CCCCC2N2C(=O)N(CC#N)NC12. The molecule has 3 unspecified atom stereocenters. The summed E-state index contributed by atoms with van der Waals surface area (Å²) in [5.74, 6) is -0.350. The molecule has 2 heterocycles. The Balaban J connectivity index is 1.79. The van der Waals surface area contributed by atoms with E-state index in [2.05, 4.69) is 10.7 Å². The summed E-state index contributed by atoms with van der Waals surface area (Å²) >= 11 is 0. The monoisotopic (exact) mass is 362 g/mol. The third-order valence-electron chi connectivity index (χ3n) is 5.23. The molecule has 1 saturated carbocycles. The van der Waals surface area contributed by atoms with Gasteiger partial charge in [-0.1, -0.05) is 12.8 Å². The molecule has 4 amide bonds.